The van der Waals surface area contributed by atoms with Crippen LogP contribution in [0.5, 0.6) is 0 Å². The number of hydrogen-bond donors (Lipinski definition) is 3. The molecule has 4 saturated carbocycles. The number of esters is 1. The van der Waals surface area contributed by atoms with E-state index in [0.29, 0.717) is 24.2 Å². The third-order valence-electron chi connectivity index (χ3n) is 10.2. The van der Waals surface area contributed by atoms with Gasteiger partial charge in [-0.2, -0.15) is 0 Å². The number of aliphatic hydroxyl groups excluding tert-OH is 3. The Hall–Kier alpha value is -0.650. The molecule has 4 aliphatic rings. The molecule has 0 bridgehead atoms. The number of aliphatic hydroxyl groups is 3. The molecule has 0 saturated heterocycles. The highest BCUT2D eigenvalue weighted by molar-refractivity contribution is 5.69. The van der Waals surface area contributed by atoms with Crippen molar-refractivity contribution in [1.82, 2.24) is 0 Å². The number of ether oxygens (including phenoxy) is 1. The Labute approximate surface area is 175 Å². The smallest absolute Gasteiger partial charge is 0.305 e. The monoisotopic (exact) mass is 408 g/mol. The van der Waals surface area contributed by atoms with Gasteiger partial charge in [0, 0.05) is 6.42 Å². The molecule has 0 aromatic carbocycles. The minimum absolute atomic E-state index is 0.0984. The quantitative estimate of drug-likeness (QED) is 0.625. The summed E-state index contributed by atoms with van der Waals surface area (Å²) in [7, 11) is 1.44. The first kappa shape index (κ1) is 21.6. The molecule has 166 valence electrons. The topological polar surface area (TPSA) is 87.0 Å². The molecule has 0 aromatic rings. The van der Waals surface area contributed by atoms with Crippen molar-refractivity contribution in [2.24, 2.45) is 46.3 Å². The molecule has 0 radical (unpaired) electrons. The van der Waals surface area contributed by atoms with Crippen molar-refractivity contribution in [3.05, 3.63) is 0 Å². The van der Waals surface area contributed by atoms with E-state index >= 15 is 0 Å². The molecule has 5 heteroatoms. The number of methoxy groups -OCH3 is 1. The minimum atomic E-state index is -0.407. The maximum atomic E-state index is 11.9. The third kappa shape index (κ3) is 3.18. The second kappa shape index (κ2) is 7.49. The van der Waals surface area contributed by atoms with Gasteiger partial charge in [-0.3, -0.25) is 4.79 Å². The van der Waals surface area contributed by atoms with Crippen LogP contribution in [0, 0.1) is 46.3 Å². The molecule has 0 aromatic heterocycles. The first-order chi connectivity index (χ1) is 13.6. The van der Waals surface area contributed by atoms with Gasteiger partial charge >= 0.3 is 5.97 Å². The fourth-order valence-electron chi connectivity index (χ4n) is 8.62. The second-order valence-corrected chi connectivity index (χ2v) is 11.3. The molecule has 0 heterocycles. The van der Waals surface area contributed by atoms with E-state index in [1.807, 2.05) is 0 Å². The molecule has 4 fully saturated rings. The van der Waals surface area contributed by atoms with Gasteiger partial charge < -0.3 is 20.1 Å². The Morgan fingerprint density at radius 1 is 1.07 bits per heavy atom. The Balaban J connectivity index is 1.62. The lowest BCUT2D eigenvalue weighted by Crippen LogP contribution is -2.62. The van der Waals surface area contributed by atoms with Gasteiger partial charge in [0.1, 0.15) is 0 Å². The van der Waals surface area contributed by atoms with Crippen molar-refractivity contribution in [3.63, 3.8) is 0 Å². The molecular weight excluding hydrogens is 368 g/mol. The molecule has 4 rings (SSSR count). The van der Waals surface area contributed by atoms with E-state index in [4.69, 9.17) is 4.74 Å². The summed E-state index contributed by atoms with van der Waals surface area (Å²) in [6, 6.07) is 0. The molecule has 0 aliphatic heterocycles. The van der Waals surface area contributed by atoms with Crippen LogP contribution >= 0.6 is 0 Å². The highest BCUT2D eigenvalue weighted by Crippen LogP contribution is 2.68. The van der Waals surface area contributed by atoms with Crippen LogP contribution in [-0.2, 0) is 9.53 Å². The van der Waals surface area contributed by atoms with Crippen molar-refractivity contribution in [3.8, 4) is 0 Å². The first-order valence-corrected chi connectivity index (χ1v) is 11.7. The van der Waals surface area contributed by atoms with E-state index < -0.39 is 6.10 Å². The number of carbonyl (C=O) groups excluding carboxylic acids is 1. The van der Waals surface area contributed by atoms with E-state index in [9.17, 15) is 20.1 Å². The SMILES string of the molecule is COC(=O)CC(C)C1CCC2C3C(O)CC4CC(O)CCC4(C)C3CC(O)C12C. The molecule has 0 amide bonds. The average molecular weight is 409 g/mol. The summed E-state index contributed by atoms with van der Waals surface area (Å²) in [4.78, 5) is 11.9. The van der Waals surface area contributed by atoms with Crippen LogP contribution in [0.4, 0.5) is 0 Å². The summed E-state index contributed by atoms with van der Waals surface area (Å²) in [5, 5.41) is 33.0. The lowest BCUT2D eigenvalue weighted by atomic mass is 9.43. The molecule has 11 atom stereocenters. The Morgan fingerprint density at radius 3 is 2.48 bits per heavy atom. The van der Waals surface area contributed by atoms with E-state index in [0.717, 1.165) is 44.9 Å². The molecule has 0 spiro atoms. The van der Waals surface area contributed by atoms with Gasteiger partial charge in [0.2, 0.25) is 0 Å². The van der Waals surface area contributed by atoms with Gasteiger partial charge in [-0.25, -0.2) is 0 Å². The minimum Gasteiger partial charge on any atom is -0.469 e. The van der Waals surface area contributed by atoms with Gasteiger partial charge in [0.05, 0.1) is 25.4 Å². The summed E-state index contributed by atoms with van der Waals surface area (Å²) >= 11 is 0. The molecule has 5 nitrogen and oxygen atoms in total. The summed E-state index contributed by atoms with van der Waals surface area (Å²) < 4.78 is 4.90. The molecule has 11 unspecified atom stereocenters. The third-order valence-corrected chi connectivity index (χ3v) is 10.2. The van der Waals surface area contributed by atoms with Crippen LogP contribution in [0.1, 0.15) is 72.1 Å². The molecule has 29 heavy (non-hydrogen) atoms. The maximum absolute atomic E-state index is 11.9. The zero-order valence-electron chi connectivity index (χ0n) is 18.5. The van der Waals surface area contributed by atoms with Crippen molar-refractivity contribution in [1.29, 1.82) is 0 Å². The fraction of sp³-hybridized carbons (Fsp3) is 0.958. The zero-order valence-corrected chi connectivity index (χ0v) is 18.5. The predicted molar refractivity (Wildman–Crippen MR) is 110 cm³/mol. The van der Waals surface area contributed by atoms with Gasteiger partial charge in [-0.1, -0.05) is 20.8 Å². The van der Waals surface area contributed by atoms with Crippen molar-refractivity contribution < 1.29 is 24.9 Å². The lowest BCUT2D eigenvalue weighted by molar-refractivity contribution is -0.207. The number of rotatable bonds is 3. The highest BCUT2D eigenvalue weighted by Gasteiger charge is 2.65. The summed E-state index contributed by atoms with van der Waals surface area (Å²) in [5.41, 5.74) is -0.159. The van der Waals surface area contributed by atoms with Crippen LogP contribution in [0.25, 0.3) is 0 Å². The second-order valence-electron chi connectivity index (χ2n) is 11.3. The van der Waals surface area contributed by atoms with Crippen molar-refractivity contribution in [2.45, 2.75) is 90.4 Å². The molecule has 3 N–H and O–H groups in total. The van der Waals surface area contributed by atoms with E-state index in [2.05, 4.69) is 20.8 Å². The maximum Gasteiger partial charge on any atom is 0.305 e. The van der Waals surface area contributed by atoms with Gasteiger partial charge in [-0.15, -0.1) is 0 Å². The highest BCUT2D eigenvalue weighted by atomic mass is 16.5. The summed E-state index contributed by atoms with van der Waals surface area (Å²) in [5.74, 6) is 1.42. The average Bonchev–Trinajstić information content (AvgIpc) is 3.02. The van der Waals surface area contributed by atoms with Crippen LogP contribution < -0.4 is 0 Å². The van der Waals surface area contributed by atoms with E-state index in [1.165, 1.54) is 7.11 Å². The van der Waals surface area contributed by atoms with Crippen LogP contribution in [0.3, 0.4) is 0 Å². The fourth-order valence-corrected chi connectivity index (χ4v) is 8.62. The number of carbonyl (C=O) groups is 1. The normalized spacial score (nSPS) is 52.8. The van der Waals surface area contributed by atoms with Gasteiger partial charge in [-0.05, 0) is 91.3 Å². The number of hydrogen-bond acceptors (Lipinski definition) is 5. The lowest BCUT2D eigenvalue weighted by Gasteiger charge is -2.63. The largest absolute Gasteiger partial charge is 0.469 e. The number of fused-ring (bicyclic) bond motifs is 5. The predicted octanol–water partition coefficient (Wildman–Crippen LogP) is 3.15. The van der Waals surface area contributed by atoms with Crippen LogP contribution in [0.2, 0.25) is 0 Å². The Bertz CT molecular complexity index is 637. The Morgan fingerprint density at radius 2 is 1.79 bits per heavy atom. The van der Waals surface area contributed by atoms with Gasteiger partial charge in [0.15, 0.2) is 0 Å². The molecular formula is C24H40O5. The van der Waals surface area contributed by atoms with Crippen LogP contribution in [0.15, 0.2) is 0 Å². The van der Waals surface area contributed by atoms with Crippen LogP contribution in [-0.4, -0.2) is 46.7 Å². The van der Waals surface area contributed by atoms with Crippen molar-refractivity contribution in [2.75, 3.05) is 7.11 Å². The zero-order chi connectivity index (χ0) is 21.1. The van der Waals surface area contributed by atoms with Gasteiger partial charge in [0.25, 0.3) is 0 Å². The Kier molecular flexibility index (Phi) is 5.57. The summed E-state index contributed by atoms with van der Waals surface area (Å²) in [6.45, 7) is 6.69. The van der Waals surface area contributed by atoms with E-state index in [1.54, 1.807) is 0 Å². The van der Waals surface area contributed by atoms with E-state index in [-0.39, 0.29) is 46.8 Å². The first-order valence-electron chi connectivity index (χ1n) is 11.7. The van der Waals surface area contributed by atoms with Crippen molar-refractivity contribution >= 4 is 5.97 Å². The molecule has 4 aliphatic carbocycles. The summed E-state index contributed by atoms with van der Waals surface area (Å²) in [6.07, 6.45) is 5.54. The standard InChI is InChI=1S/C24H40O5/c1-13(9-21(28)29-4)16-5-6-17-22-18(12-20(27)24(16,17)3)23(2)8-7-15(25)10-14(23)11-19(22)26/h13-20,22,25-27H,5-12H2,1-4H3.